The zero-order valence-electron chi connectivity index (χ0n) is 30.6. The van der Waals surface area contributed by atoms with Crippen LogP contribution in [0.15, 0.2) is 109 Å². The molecule has 57 heavy (non-hydrogen) atoms. The number of alkyl halides is 2. The average Bonchev–Trinajstić information content (AvgIpc) is 3.56. The smallest absolute Gasteiger partial charge is 0.268 e. The fourth-order valence-corrected chi connectivity index (χ4v) is 6.67. The molecular weight excluding hydrogens is 733 g/mol. The Labute approximate surface area is 326 Å². The van der Waals surface area contributed by atoms with Crippen molar-refractivity contribution in [2.75, 3.05) is 39.4 Å². The van der Waals surface area contributed by atoms with E-state index in [1.165, 1.54) is 12.3 Å². The van der Waals surface area contributed by atoms with E-state index in [2.05, 4.69) is 15.6 Å². The average molecular weight is 770 g/mol. The number of aromatic nitrogens is 2. The number of para-hydroxylation sites is 1. The van der Waals surface area contributed by atoms with Gasteiger partial charge in [-0.2, -0.15) is 5.26 Å². The summed E-state index contributed by atoms with van der Waals surface area (Å²) in [5.41, 5.74) is 10.8. The van der Waals surface area contributed by atoms with Crippen molar-refractivity contribution in [1.29, 1.82) is 5.26 Å². The van der Waals surface area contributed by atoms with E-state index in [4.69, 9.17) is 20.2 Å². The molecule has 4 aromatic carbocycles. The highest BCUT2D eigenvalue weighted by molar-refractivity contribution is 6.08. The van der Waals surface area contributed by atoms with Gasteiger partial charge in [0.15, 0.2) is 0 Å². The topological polar surface area (TPSA) is 173 Å². The summed E-state index contributed by atoms with van der Waals surface area (Å²) in [6.07, 6.45) is 0.755. The van der Waals surface area contributed by atoms with Gasteiger partial charge in [0.2, 0.25) is 11.8 Å². The fraction of sp³-hybridized carbons (Fsp3) is 0.209. The number of fused-ring (bicyclic) bond motifs is 2. The predicted molar refractivity (Wildman–Crippen MR) is 210 cm³/mol. The Morgan fingerprint density at radius 3 is 2.18 bits per heavy atom. The third kappa shape index (κ3) is 8.95. The molecule has 0 aliphatic carbocycles. The first-order valence-electron chi connectivity index (χ1n) is 18.2. The van der Waals surface area contributed by atoms with Crippen LogP contribution in [0.25, 0.3) is 44.2 Å². The van der Waals surface area contributed by atoms with E-state index in [-0.39, 0.29) is 5.56 Å². The van der Waals surface area contributed by atoms with Gasteiger partial charge in [0.1, 0.15) is 30.8 Å². The Bertz CT molecular complexity index is 2490. The van der Waals surface area contributed by atoms with Crippen LogP contribution in [0.1, 0.15) is 27.1 Å². The van der Waals surface area contributed by atoms with Crippen LogP contribution in [-0.2, 0) is 4.79 Å². The third-order valence-electron chi connectivity index (χ3n) is 9.54. The number of carbonyl (C=O) groups is 3. The van der Waals surface area contributed by atoms with Gasteiger partial charge in [0.25, 0.3) is 11.8 Å². The van der Waals surface area contributed by atoms with E-state index >= 15 is 0 Å². The van der Waals surface area contributed by atoms with E-state index in [1.54, 1.807) is 18.2 Å². The lowest BCUT2D eigenvalue weighted by Gasteiger charge is -2.19. The Morgan fingerprint density at radius 1 is 0.825 bits per heavy atom. The molecule has 4 N–H and O–H groups in total. The number of hydrogen-bond acceptors (Lipinski definition) is 9. The molecule has 7 rings (SSSR count). The van der Waals surface area contributed by atoms with Crippen LogP contribution in [0.5, 0.6) is 11.5 Å². The molecule has 3 amide bonds. The van der Waals surface area contributed by atoms with Gasteiger partial charge in [-0.3, -0.25) is 19.4 Å². The van der Waals surface area contributed by atoms with Gasteiger partial charge < -0.3 is 30.7 Å². The Kier molecular flexibility index (Phi) is 11.3. The van der Waals surface area contributed by atoms with Crippen molar-refractivity contribution < 1.29 is 32.6 Å². The molecule has 14 heteroatoms. The van der Waals surface area contributed by atoms with Crippen LogP contribution >= 0.6 is 0 Å². The number of halogens is 2. The van der Waals surface area contributed by atoms with Gasteiger partial charge >= 0.3 is 0 Å². The van der Waals surface area contributed by atoms with Crippen LogP contribution < -0.4 is 25.8 Å². The molecule has 1 aliphatic rings. The lowest BCUT2D eigenvalue weighted by Crippen LogP contribution is -2.43. The number of hydrogen-bond donors (Lipinski definition) is 3. The molecule has 6 aromatic rings. The van der Waals surface area contributed by atoms with E-state index in [9.17, 15) is 28.4 Å². The molecule has 0 unspecified atom stereocenters. The minimum atomic E-state index is -3.14. The number of pyridine rings is 2. The molecule has 2 aromatic heterocycles. The predicted octanol–water partition coefficient (Wildman–Crippen LogP) is 5.75. The van der Waals surface area contributed by atoms with Gasteiger partial charge in [0, 0.05) is 42.0 Å². The Morgan fingerprint density at radius 2 is 1.49 bits per heavy atom. The van der Waals surface area contributed by atoms with Gasteiger partial charge in [-0.05, 0) is 77.9 Å². The number of rotatable bonds is 14. The quantitative estimate of drug-likeness (QED) is 0.117. The van der Waals surface area contributed by atoms with Gasteiger partial charge in [-0.15, -0.1) is 0 Å². The number of nitrogens with one attached hydrogen (secondary N) is 2. The Hall–Kier alpha value is -6.98. The van der Waals surface area contributed by atoms with Gasteiger partial charge in [-0.25, -0.2) is 13.8 Å². The van der Waals surface area contributed by atoms with Crippen LogP contribution in [-0.4, -0.2) is 83.9 Å². The summed E-state index contributed by atoms with van der Waals surface area (Å²) >= 11 is 0. The van der Waals surface area contributed by atoms with Crippen LogP contribution in [0, 0.1) is 11.3 Å². The summed E-state index contributed by atoms with van der Waals surface area (Å²) in [5.74, 6) is -3.59. The first-order valence-corrected chi connectivity index (χ1v) is 18.2. The van der Waals surface area contributed by atoms with Gasteiger partial charge in [-0.1, -0.05) is 36.4 Å². The van der Waals surface area contributed by atoms with E-state index in [0.29, 0.717) is 70.9 Å². The van der Waals surface area contributed by atoms with Crippen molar-refractivity contribution in [2.24, 2.45) is 5.73 Å². The summed E-state index contributed by atoms with van der Waals surface area (Å²) < 4.78 is 39.4. The molecule has 288 valence electrons. The molecule has 0 bridgehead atoms. The molecule has 1 saturated heterocycles. The zero-order valence-corrected chi connectivity index (χ0v) is 30.6. The number of benzene rings is 4. The van der Waals surface area contributed by atoms with E-state index in [1.807, 2.05) is 84.9 Å². The summed E-state index contributed by atoms with van der Waals surface area (Å²) in [6.45, 7) is 0.693. The molecule has 1 fully saturated rings. The molecule has 0 saturated carbocycles. The highest BCUT2D eigenvalue weighted by atomic mass is 19.3. The molecule has 1 atom stereocenters. The number of amides is 3. The number of carbonyl (C=O) groups excluding carboxylic acids is 3. The SMILES string of the molecule is N#C[C@@H]1CC(F)(F)CN1C(=O)CNC(=O)c1ccnc2ccc(-c3ccc(OCCNCCOc4ccc(-c5cc(C(N)=O)c6ccccc6n5)cc4)cc3)cc12. The first kappa shape index (κ1) is 38.3. The first-order chi connectivity index (χ1) is 27.6. The number of nitrogens with two attached hydrogens (primary N) is 1. The molecular formula is C43H37F2N7O5. The van der Waals surface area contributed by atoms with Crippen molar-refractivity contribution >= 4 is 39.5 Å². The molecule has 1 aliphatic heterocycles. The van der Waals surface area contributed by atoms with Gasteiger partial charge in [0.05, 0.1) is 47.0 Å². The monoisotopic (exact) mass is 769 g/mol. The van der Waals surface area contributed by atoms with Crippen molar-refractivity contribution in [3.05, 3.63) is 120 Å². The van der Waals surface area contributed by atoms with Crippen molar-refractivity contribution in [3.8, 4) is 40.0 Å². The number of primary amides is 1. The molecule has 0 spiro atoms. The summed E-state index contributed by atoms with van der Waals surface area (Å²) in [4.78, 5) is 47.7. The Balaban J connectivity index is 0.864. The highest BCUT2D eigenvalue weighted by Crippen LogP contribution is 2.32. The lowest BCUT2D eigenvalue weighted by atomic mass is 10.0. The number of nitriles is 1. The van der Waals surface area contributed by atoms with Crippen molar-refractivity contribution in [3.63, 3.8) is 0 Å². The van der Waals surface area contributed by atoms with E-state index < -0.39 is 49.2 Å². The maximum Gasteiger partial charge on any atom is 0.268 e. The summed E-state index contributed by atoms with van der Waals surface area (Å²) in [5, 5.41) is 16.3. The van der Waals surface area contributed by atoms with Crippen molar-refractivity contribution in [2.45, 2.75) is 18.4 Å². The molecule has 3 heterocycles. The number of nitrogens with zero attached hydrogens (tertiary/aromatic N) is 4. The summed E-state index contributed by atoms with van der Waals surface area (Å²) in [6, 6.07) is 31.6. The maximum absolute atomic E-state index is 13.8. The third-order valence-corrected chi connectivity index (χ3v) is 9.54. The van der Waals surface area contributed by atoms with Crippen LogP contribution in [0.2, 0.25) is 0 Å². The molecule has 0 radical (unpaired) electrons. The zero-order chi connectivity index (χ0) is 39.9. The highest BCUT2D eigenvalue weighted by Gasteiger charge is 2.47. The second kappa shape index (κ2) is 16.8. The maximum atomic E-state index is 13.8. The van der Waals surface area contributed by atoms with Crippen LogP contribution in [0.4, 0.5) is 8.78 Å². The minimum Gasteiger partial charge on any atom is -0.492 e. The second-order valence-electron chi connectivity index (χ2n) is 13.4. The fourth-order valence-electron chi connectivity index (χ4n) is 6.67. The second-order valence-corrected chi connectivity index (χ2v) is 13.4. The number of likely N-dealkylation sites (tertiary alicyclic amines) is 1. The standard InChI is InChI=1S/C43H37F2N7O5/c44-43(45)23-30(24-46)52(26-43)40(53)25-50-42(55)34-15-16-49-37-14-9-29(21-35(34)37)27-5-10-31(11-6-27)56-19-17-48-18-20-57-32-12-7-28(8-13-32)39-22-36(41(47)54)33-3-1-2-4-38(33)51-39/h1-16,21-22,30,48H,17-20,23,25-26H2,(H2,47,54)(H,50,55)/t30-/m0/s1. The largest absolute Gasteiger partial charge is 0.492 e. The normalized spacial score (nSPS) is 14.6. The lowest BCUT2D eigenvalue weighted by molar-refractivity contribution is -0.131. The van der Waals surface area contributed by atoms with Crippen molar-refractivity contribution in [1.82, 2.24) is 25.5 Å². The molecule has 12 nitrogen and oxygen atoms in total. The van der Waals surface area contributed by atoms with E-state index in [0.717, 1.165) is 21.6 Å². The number of ether oxygens (including phenoxy) is 2. The summed E-state index contributed by atoms with van der Waals surface area (Å²) in [7, 11) is 0. The minimum absolute atomic E-state index is 0.268. The van der Waals surface area contributed by atoms with Crippen LogP contribution in [0.3, 0.4) is 0 Å².